The van der Waals surface area contributed by atoms with E-state index in [1.165, 1.54) is 0 Å². The maximum Gasteiger partial charge on any atom is 0.410 e. The highest BCUT2D eigenvalue weighted by atomic mass is 16.6. The second-order valence-corrected chi connectivity index (χ2v) is 6.99. The summed E-state index contributed by atoms with van der Waals surface area (Å²) in [7, 11) is 0. The summed E-state index contributed by atoms with van der Waals surface area (Å²) in [5.41, 5.74) is 7.34. The van der Waals surface area contributed by atoms with Gasteiger partial charge in [0.05, 0.1) is 0 Å². The number of anilines is 1. The number of aryl methyl sites for hydroxylation is 1. The van der Waals surface area contributed by atoms with Crippen LogP contribution in [0.25, 0.3) is 0 Å². The van der Waals surface area contributed by atoms with Crippen molar-refractivity contribution in [2.24, 2.45) is 5.73 Å². The maximum absolute atomic E-state index is 12.2. The fraction of sp³-hybridized carbons (Fsp3) is 0.647. The van der Waals surface area contributed by atoms with E-state index in [9.17, 15) is 4.79 Å². The molecule has 0 aliphatic carbocycles. The normalized spacial score (nSPS) is 16.2. The summed E-state index contributed by atoms with van der Waals surface area (Å²) in [5, 5.41) is 0. The molecule has 1 aromatic rings. The van der Waals surface area contributed by atoms with Crippen LogP contribution in [-0.2, 0) is 11.3 Å². The fourth-order valence-corrected chi connectivity index (χ4v) is 2.66. The maximum atomic E-state index is 12.2. The number of ether oxygens (including phenoxy) is 1. The lowest BCUT2D eigenvalue weighted by Crippen LogP contribution is -2.39. The predicted molar refractivity (Wildman–Crippen MR) is 91.5 cm³/mol. The Hall–Kier alpha value is -1.82. The Morgan fingerprint density at radius 2 is 2.00 bits per heavy atom. The first kappa shape index (κ1) is 17.5. The van der Waals surface area contributed by atoms with Gasteiger partial charge in [0.2, 0.25) is 0 Å². The molecule has 1 amide bonds. The van der Waals surface area contributed by atoms with Gasteiger partial charge in [-0.1, -0.05) is 0 Å². The molecule has 2 N–H and O–H groups in total. The summed E-state index contributed by atoms with van der Waals surface area (Å²) in [4.78, 5) is 20.8. The van der Waals surface area contributed by atoms with Crippen molar-refractivity contribution in [3.05, 3.63) is 23.4 Å². The number of nitrogens with two attached hydrogens (primary N) is 1. The lowest BCUT2D eigenvalue weighted by molar-refractivity contribution is 0.0263. The van der Waals surface area contributed by atoms with Crippen LogP contribution in [0.4, 0.5) is 10.6 Å². The minimum atomic E-state index is -0.461. The Kier molecular flexibility index (Phi) is 5.46. The summed E-state index contributed by atoms with van der Waals surface area (Å²) >= 11 is 0. The number of hydrogen-bond donors (Lipinski definition) is 1. The van der Waals surface area contributed by atoms with Crippen molar-refractivity contribution in [1.29, 1.82) is 0 Å². The minimum absolute atomic E-state index is 0.237. The molecule has 1 aliphatic rings. The van der Waals surface area contributed by atoms with Gasteiger partial charge in [-0.05, 0) is 51.8 Å². The SMILES string of the molecule is Cc1cc(CN)cc(N2CCCN(C(=O)OC(C)(C)C)CC2)n1. The standard InChI is InChI=1S/C17H28N4O2/c1-13-10-14(12-18)11-15(19-13)20-6-5-7-21(9-8-20)16(22)23-17(2,3)4/h10-11H,5-9,12,18H2,1-4H3. The molecule has 128 valence electrons. The van der Waals surface area contributed by atoms with Gasteiger partial charge in [0.15, 0.2) is 0 Å². The van der Waals surface area contributed by atoms with Crippen molar-refractivity contribution in [2.75, 3.05) is 31.1 Å². The molecule has 0 radical (unpaired) electrons. The van der Waals surface area contributed by atoms with E-state index in [1.807, 2.05) is 39.8 Å². The summed E-state index contributed by atoms with van der Waals surface area (Å²) < 4.78 is 5.47. The smallest absolute Gasteiger partial charge is 0.410 e. The lowest BCUT2D eigenvalue weighted by Gasteiger charge is -2.26. The van der Waals surface area contributed by atoms with Gasteiger partial charge in [0.25, 0.3) is 0 Å². The molecular weight excluding hydrogens is 292 g/mol. The molecule has 1 aromatic heterocycles. The quantitative estimate of drug-likeness (QED) is 0.905. The third-order valence-electron chi connectivity index (χ3n) is 3.71. The van der Waals surface area contributed by atoms with Crippen molar-refractivity contribution < 1.29 is 9.53 Å². The highest BCUT2D eigenvalue weighted by molar-refractivity contribution is 5.68. The van der Waals surface area contributed by atoms with Crippen LogP contribution >= 0.6 is 0 Å². The second kappa shape index (κ2) is 7.17. The molecule has 1 saturated heterocycles. The Labute approximate surface area is 138 Å². The van der Waals surface area contributed by atoms with Gasteiger partial charge >= 0.3 is 6.09 Å². The van der Waals surface area contributed by atoms with Gasteiger partial charge in [-0.2, -0.15) is 0 Å². The molecule has 6 heteroatoms. The van der Waals surface area contributed by atoms with Crippen LogP contribution in [-0.4, -0.2) is 47.8 Å². The minimum Gasteiger partial charge on any atom is -0.444 e. The molecule has 0 unspecified atom stereocenters. The van der Waals surface area contributed by atoms with Crippen molar-refractivity contribution in [3.63, 3.8) is 0 Å². The van der Waals surface area contributed by atoms with Gasteiger partial charge in [0.1, 0.15) is 11.4 Å². The fourth-order valence-electron chi connectivity index (χ4n) is 2.66. The van der Waals surface area contributed by atoms with Crippen molar-refractivity contribution in [3.8, 4) is 0 Å². The summed E-state index contributed by atoms with van der Waals surface area (Å²) in [6.07, 6.45) is 0.659. The van der Waals surface area contributed by atoms with E-state index >= 15 is 0 Å². The highest BCUT2D eigenvalue weighted by Crippen LogP contribution is 2.18. The van der Waals surface area contributed by atoms with Crippen LogP contribution in [0.3, 0.4) is 0 Å². The highest BCUT2D eigenvalue weighted by Gasteiger charge is 2.24. The topological polar surface area (TPSA) is 71.7 Å². The number of carbonyl (C=O) groups is 1. The van der Waals surface area contributed by atoms with Gasteiger partial charge in [-0.3, -0.25) is 0 Å². The molecule has 1 aliphatic heterocycles. The predicted octanol–water partition coefficient (Wildman–Crippen LogP) is 2.30. The first-order chi connectivity index (χ1) is 10.8. The number of carbonyl (C=O) groups excluding carboxylic acids is 1. The summed E-state index contributed by atoms with van der Waals surface area (Å²) in [6, 6.07) is 4.05. The van der Waals surface area contributed by atoms with E-state index in [0.717, 1.165) is 36.6 Å². The first-order valence-electron chi connectivity index (χ1n) is 8.19. The number of nitrogens with zero attached hydrogens (tertiary/aromatic N) is 3. The molecule has 0 aromatic carbocycles. The molecule has 1 fully saturated rings. The van der Waals surface area contributed by atoms with Gasteiger partial charge in [-0.15, -0.1) is 0 Å². The number of hydrogen-bond acceptors (Lipinski definition) is 5. The third kappa shape index (κ3) is 5.10. The van der Waals surface area contributed by atoms with E-state index < -0.39 is 5.60 Å². The van der Waals surface area contributed by atoms with Crippen LogP contribution in [0.15, 0.2) is 12.1 Å². The van der Waals surface area contributed by atoms with Crippen LogP contribution < -0.4 is 10.6 Å². The monoisotopic (exact) mass is 320 g/mol. The van der Waals surface area contributed by atoms with E-state index in [4.69, 9.17) is 10.5 Å². The number of rotatable bonds is 2. The Morgan fingerprint density at radius 1 is 1.26 bits per heavy atom. The molecule has 0 bridgehead atoms. The van der Waals surface area contributed by atoms with E-state index in [2.05, 4.69) is 9.88 Å². The summed E-state index contributed by atoms with van der Waals surface area (Å²) in [6.45, 7) is 11.1. The zero-order chi connectivity index (χ0) is 17.0. The molecule has 0 spiro atoms. The molecule has 0 atom stereocenters. The van der Waals surface area contributed by atoms with Crippen molar-refractivity contribution in [2.45, 2.75) is 46.3 Å². The van der Waals surface area contributed by atoms with Crippen LogP contribution in [0.1, 0.15) is 38.4 Å². The van der Waals surface area contributed by atoms with Crippen molar-refractivity contribution in [1.82, 2.24) is 9.88 Å². The Balaban J connectivity index is 2.04. The number of aromatic nitrogens is 1. The lowest BCUT2D eigenvalue weighted by atomic mass is 10.2. The average molecular weight is 320 g/mol. The van der Waals surface area contributed by atoms with E-state index in [-0.39, 0.29) is 6.09 Å². The Morgan fingerprint density at radius 3 is 2.65 bits per heavy atom. The Bertz CT molecular complexity index is 554. The molecule has 2 rings (SSSR count). The zero-order valence-electron chi connectivity index (χ0n) is 14.6. The van der Waals surface area contributed by atoms with Crippen LogP contribution in [0.5, 0.6) is 0 Å². The number of pyridine rings is 1. The second-order valence-electron chi connectivity index (χ2n) is 6.99. The molecule has 23 heavy (non-hydrogen) atoms. The molecule has 0 saturated carbocycles. The van der Waals surface area contributed by atoms with Gasteiger partial charge in [0, 0.05) is 38.4 Å². The van der Waals surface area contributed by atoms with Crippen LogP contribution in [0.2, 0.25) is 0 Å². The average Bonchev–Trinajstić information content (AvgIpc) is 2.70. The van der Waals surface area contributed by atoms with Gasteiger partial charge < -0.3 is 20.3 Å². The molecule has 6 nitrogen and oxygen atoms in total. The van der Waals surface area contributed by atoms with Crippen LogP contribution in [0, 0.1) is 6.92 Å². The first-order valence-corrected chi connectivity index (χ1v) is 8.19. The zero-order valence-corrected chi connectivity index (χ0v) is 14.6. The van der Waals surface area contributed by atoms with E-state index in [0.29, 0.717) is 19.6 Å². The van der Waals surface area contributed by atoms with Crippen molar-refractivity contribution >= 4 is 11.9 Å². The van der Waals surface area contributed by atoms with Gasteiger partial charge in [-0.25, -0.2) is 9.78 Å². The third-order valence-corrected chi connectivity index (χ3v) is 3.71. The largest absolute Gasteiger partial charge is 0.444 e. The van der Waals surface area contributed by atoms with E-state index in [1.54, 1.807) is 4.90 Å². The molecule has 2 heterocycles. The number of amides is 1. The summed E-state index contributed by atoms with van der Waals surface area (Å²) in [5.74, 6) is 0.941. The molecular formula is C17H28N4O2.